The summed E-state index contributed by atoms with van der Waals surface area (Å²) in [6, 6.07) is 6.97. The minimum Gasteiger partial charge on any atom is -0.271 e. The number of nitrogens with one attached hydrogen (secondary N) is 1. The lowest BCUT2D eigenvalue weighted by Crippen LogP contribution is -2.28. The highest BCUT2D eigenvalue weighted by Crippen LogP contribution is 2.35. The molecule has 0 aliphatic rings. The van der Waals surface area contributed by atoms with E-state index in [1.54, 1.807) is 11.8 Å². The van der Waals surface area contributed by atoms with Crippen LogP contribution in [-0.2, 0) is 6.18 Å². The van der Waals surface area contributed by atoms with Gasteiger partial charge in [-0.1, -0.05) is 12.1 Å². The minimum atomic E-state index is -4.43. The van der Waals surface area contributed by atoms with Crippen LogP contribution in [-0.4, -0.2) is 11.2 Å². The molecule has 1 unspecified atom stereocenters. The molecule has 0 aliphatic carbocycles. The molecular formula is C12H12F3N3S2. The van der Waals surface area contributed by atoms with Gasteiger partial charge in [-0.25, -0.2) is 10.4 Å². The molecule has 1 aromatic carbocycles. The number of thioether (sulfide) groups is 1. The van der Waals surface area contributed by atoms with E-state index in [0.29, 0.717) is 16.2 Å². The van der Waals surface area contributed by atoms with Crippen molar-refractivity contribution in [2.24, 2.45) is 5.84 Å². The van der Waals surface area contributed by atoms with E-state index in [1.807, 2.05) is 30.5 Å². The molecule has 20 heavy (non-hydrogen) atoms. The lowest BCUT2D eigenvalue weighted by atomic mass is 10.1. The molecule has 3 N–H and O–H groups in total. The zero-order chi connectivity index (χ0) is 14.8. The topological polar surface area (TPSA) is 50.9 Å². The Morgan fingerprint density at radius 2 is 1.95 bits per heavy atom. The van der Waals surface area contributed by atoms with Crippen LogP contribution in [0.3, 0.4) is 0 Å². The largest absolute Gasteiger partial charge is 0.443 e. The molecule has 0 saturated carbocycles. The quantitative estimate of drug-likeness (QED) is 0.515. The summed E-state index contributed by atoms with van der Waals surface area (Å²) in [5, 5.41) is -0.867. The summed E-state index contributed by atoms with van der Waals surface area (Å²) in [7, 11) is 0. The number of nitrogens with two attached hydrogens (primary N) is 1. The van der Waals surface area contributed by atoms with Gasteiger partial charge in [-0.15, -0.1) is 23.1 Å². The van der Waals surface area contributed by atoms with Gasteiger partial charge < -0.3 is 0 Å². The highest BCUT2D eigenvalue weighted by atomic mass is 32.2. The van der Waals surface area contributed by atoms with Gasteiger partial charge in [0.15, 0.2) is 5.01 Å². The summed E-state index contributed by atoms with van der Waals surface area (Å²) in [5.41, 5.74) is 3.33. The van der Waals surface area contributed by atoms with Gasteiger partial charge in [-0.2, -0.15) is 13.2 Å². The number of nitrogens with zero attached hydrogens (tertiary/aromatic N) is 1. The molecule has 8 heteroatoms. The van der Waals surface area contributed by atoms with Crippen molar-refractivity contribution in [1.82, 2.24) is 10.4 Å². The van der Waals surface area contributed by atoms with E-state index in [1.165, 1.54) is 6.20 Å². The second-order valence-corrected chi connectivity index (χ2v) is 5.88. The summed E-state index contributed by atoms with van der Waals surface area (Å²) in [6.07, 6.45) is -1.27. The number of rotatable bonds is 4. The molecule has 3 nitrogen and oxygen atoms in total. The maximum Gasteiger partial charge on any atom is 0.443 e. The van der Waals surface area contributed by atoms with Gasteiger partial charge in [0.05, 0.1) is 6.04 Å². The minimum absolute atomic E-state index is 0.428. The number of hydrogen-bond acceptors (Lipinski definition) is 5. The number of halogens is 3. The summed E-state index contributed by atoms with van der Waals surface area (Å²) >= 11 is 2.18. The Bertz CT molecular complexity index is 566. The first-order valence-corrected chi connectivity index (χ1v) is 7.63. The van der Waals surface area contributed by atoms with Crippen LogP contribution in [0.15, 0.2) is 35.4 Å². The second kappa shape index (κ2) is 6.13. The number of hydrogen-bond donors (Lipinski definition) is 2. The van der Waals surface area contributed by atoms with Crippen LogP contribution in [0.1, 0.15) is 21.5 Å². The third kappa shape index (κ3) is 3.32. The third-order valence-electron chi connectivity index (χ3n) is 2.67. The second-order valence-electron chi connectivity index (χ2n) is 3.94. The Kier molecular flexibility index (Phi) is 4.69. The number of benzene rings is 1. The molecular weight excluding hydrogens is 307 g/mol. The summed E-state index contributed by atoms with van der Waals surface area (Å²) in [4.78, 5) is 4.91. The van der Waals surface area contributed by atoms with Gasteiger partial charge in [-0.05, 0) is 24.0 Å². The number of aromatic nitrogens is 1. The van der Waals surface area contributed by atoms with Gasteiger partial charge >= 0.3 is 6.18 Å². The van der Waals surface area contributed by atoms with E-state index in [9.17, 15) is 13.2 Å². The van der Waals surface area contributed by atoms with Crippen molar-refractivity contribution in [2.45, 2.75) is 17.1 Å². The highest BCUT2D eigenvalue weighted by molar-refractivity contribution is 7.98. The molecule has 2 rings (SSSR count). The fourth-order valence-electron chi connectivity index (χ4n) is 1.69. The van der Waals surface area contributed by atoms with E-state index in [2.05, 4.69) is 10.4 Å². The highest BCUT2D eigenvalue weighted by Gasteiger charge is 2.35. The fraction of sp³-hybridized carbons (Fsp3) is 0.250. The van der Waals surface area contributed by atoms with E-state index in [4.69, 9.17) is 5.84 Å². The first kappa shape index (κ1) is 15.3. The number of hydrazine groups is 1. The summed E-state index contributed by atoms with van der Waals surface area (Å²) in [5.74, 6) is 5.47. The monoisotopic (exact) mass is 319 g/mol. The van der Waals surface area contributed by atoms with Gasteiger partial charge in [0.25, 0.3) is 0 Å². The predicted molar refractivity (Wildman–Crippen MR) is 74.5 cm³/mol. The Labute approximate surface area is 122 Å². The van der Waals surface area contributed by atoms with Crippen LogP contribution >= 0.6 is 23.1 Å². The first-order valence-electron chi connectivity index (χ1n) is 5.58. The SMILES string of the molecule is CSc1ccc(C(NN)c2cnc(C(F)(F)F)s2)cc1. The fourth-order valence-corrected chi connectivity index (χ4v) is 2.97. The molecule has 0 fully saturated rings. The van der Waals surface area contributed by atoms with Crippen molar-refractivity contribution in [3.63, 3.8) is 0 Å². The van der Waals surface area contributed by atoms with Crippen LogP contribution in [0, 0.1) is 0 Å². The Hall–Kier alpha value is -1.09. The normalized spacial score (nSPS) is 13.4. The Morgan fingerprint density at radius 3 is 2.40 bits per heavy atom. The van der Waals surface area contributed by atoms with Crippen molar-refractivity contribution in [3.05, 3.63) is 45.9 Å². The zero-order valence-corrected chi connectivity index (χ0v) is 12.1. The van der Waals surface area contributed by atoms with Gasteiger partial charge in [0.2, 0.25) is 0 Å². The van der Waals surface area contributed by atoms with Gasteiger partial charge in [-0.3, -0.25) is 5.84 Å². The molecule has 1 aromatic heterocycles. The van der Waals surface area contributed by atoms with Crippen LogP contribution in [0.4, 0.5) is 13.2 Å². The van der Waals surface area contributed by atoms with E-state index < -0.39 is 17.2 Å². The predicted octanol–water partition coefficient (Wildman–Crippen LogP) is 3.44. The standard InChI is InChI=1S/C12H12F3N3S2/c1-19-8-4-2-7(3-5-8)10(18-16)9-6-17-11(20-9)12(13,14)15/h2-6,10,18H,16H2,1H3. The van der Waals surface area contributed by atoms with Gasteiger partial charge in [0.1, 0.15) is 0 Å². The first-order chi connectivity index (χ1) is 9.45. The third-order valence-corrected chi connectivity index (χ3v) is 4.52. The lowest BCUT2D eigenvalue weighted by molar-refractivity contribution is -0.137. The molecule has 1 atom stereocenters. The van der Waals surface area contributed by atoms with Crippen LogP contribution in [0.5, 0.6) is 0 Å². The average Bonchev–Trinajstić information content (AvgIpc) is 2.90. The van der Waals surface area contributed by atoms with Gasteiger partial charge in [0, 0.05) is 16.0 Å². The molecule has 108 valence electrons. The summed E-state index contributed by atoms with van der Waals surface area (Å²) in [6.45, 7) is 0. The maximum atomic E-state index is 12.6. The number of alkyl halides is 3. The summed E-state index contributed by atoms with van der Waals surface area (Å²) < 4.78 is 37.7. The van der Waals surface area contributed by atoms with Crippen LogP contribution < -0.4 is 11.3 Å². The van der Waals surface area contributed by atoms with E-state index in [-0.39, 0.29) is 0 Å². The van der Waals surface area contributed by atoms with Crippen molar-refractivity contribution in [1.29, 1.82) is 0 Å². The van der Waals surface area contributed by atoms with Crippen molar-refractivity contribution in [2.75, 3.05) is 6.26 Å². The Balaban J connectivity index is 2.29. The van der Waals surface area contributed by atoms with Crippen molar-refractivity contribution >= 4 is 23.1 Å². The van der Waals surface area contributed by atoms with Crippen molar-refractivity contribution in [3.8, 4) is 0 Å². The molecule has 0 amide bonds. The zero-order valence-electron chi connectivity index (χ0n) is 10.4. The molecule has 0 radical (unpaired) electrons. The Morgan fingerprint density at radius 1 is 1.30 bits per heavy atom. The van der Waals surface area contributed by atoms with Crippen LogP contribution in [0.2, 0.25) is 0 Å². The molecule has 0 bridgehead atoms. The molecule has 0 spiro atoms. The van der Waals surface area contributed by atoms with E-state index in [0.717, 1.165) is 10.5 Å². The lowest BCUT2D eigenvalue weighted by Gasteiger charge is -2.14. The average molecular weight is 319 g/mol. The van der Waals surface area contributed by atoms with Crippen molar-refractivity contribution < 1.29 is 13.2 Å². The molecule has 0 saturated heterocycles. The molecule has 1 heterocycles. The molecule has 2 aromatic rings. The molecule has 0 aliphatic heterocycles. The van der Waals surface area contributed by atoms with E-state index >= 15 is 0 Å². The van der Waals surface area contributed by atoms with Crippen LogP contribution in [0.25, 0.3) is 0 Å². The maximum absolute atomic E-state index is 12.6. The number of thiazole rings is 1. The smallest absolute Gasteiger partial charge is 0.271 e.